The van der Waals surface area contributed by atoms with Gasteiger partial charge in [0.15, 0.2) is 0 Å². The lowest BCUT2D eigenvalue weighted by Crippen LogP contribution is -2.52. The Morgan fingerprint density at radius 1 is 0.905 bits per heavy atom. The maximum Gasteiger partial charge on any atom is 0.243 e. The van der Waals surface area contributed by atoms with E-state index in [-0.39, 0.29) is 42.3 Å². The third-order valence-electron chi connectivity index (χ3n) is 7.78. The Bertz CT molecular complexity index is 1410. The van der Waals surface area contributed by atoms with Gasteiger partial charge >= 0.3 is 0 Å². The van der Waals surface area contributed by atoms with Gasteiger partial charge in [0.25, 0.3) is 0 Å². The van der Waals surface area contributed by atoms with E-state index in [1.54, 1.807) is 35.2 Å². The molecular formula is C33H40BrN3O4S. The van der Waals surface area contributed by atoms with E-state index < -0.39 is 16.1 Å². The zero-order valence-corrected chi connectivity index (χ0v) is 26.5. The predicted molar refractivity (Wildman–Crippen MR) is 169 cm³/mol. The highest BCUT2D eigenvalue weighted by Crippen LogP contribution is 2.22. The maximum atomic E-state index is 13.9. The van der Waals surface area contributed by atoms with E-state index in [0.717, 1.165) is 41.3 Å². The van der Waals surface area contributed by atoms with Crippen LogP contribution in [0.5, 0.6) is 0 Å². The average molecular weight is 655 g/mol. The minimum atomic E-state index is -3.66. The molecular weight excluding hydrogens is 614 g/mol. The molecule has 7 nitrogen and oxygen atoms in total. The normalized spacial score (nSPS) is 14.8. The molecule has 0 heterocycles. The Balaban J connectivity index is 1.54. The summed E-state index contributed by atoms with van der Waals surface area (Å²) in [6.07, 6.45) is 6.10. The van der Waals surface area contributed by atoms with Crippen molar-refractivity contribution >= 4 is 37.8 Å². The van der Waals surface area contributed by atoms with Gasteiger partial charge in [-0.15, -0.1) is 0 Å². The minimum Gasteiger partial charge on any atom is -0.352 e. The van der Waals surface area contributed by atoms with E-state index in [9.17, 15) is 18.0 Å². The second kappa shape index (κ2) is 15.5. The van der Waals surface area contributed by atoms with Crippen LogP contribution >= 0.6 is 15.9 Å². The minimum absolute atomic E-state index is 0.115. The van der Waals surface area contributed by atoms with Crippen molar-refractivity contribution in [3.8, 4) is 0 Å². The summed E-state index contributed by atoms with van der Waals surface area (Å²) in [5, 5.41) is 3.25. The van der Waals surface area contributed by atoms with Gasteiger partial charge in [0, 0.05) is 43.5 Å². The molecule has 3 aromatic carbocycles. The molecule has 1 aliphatic rings. The van der Waals surface area contributed by atoms with Crippen LogP contribution in [0.3, 0.4) is 0 Å². The summed E-state index contributed by atoms with van der Waals surface area (Å²) in [4.78, 5) is 29.7. The van der Waals surface area contributed by atoms with Crippen LogP contribution in [0.15, 0.2) is 94.3 Å². The molecule has 1 atom stereocenters. The lowest BCUT2D eigenvalue weighted by Gasteiger charge is -2.33. The summed E-state index contributed by atoms with van der Waals surface area (Å²) in [5.74, 6) is -0.321. The molecule has 0 saturated heterocycles. The molecule has 224 valence electrons. The molecule has 4 rings (SSSR count). The van der Waals surface area contributed by atoms with E-state index in [2.05, 4.69) is 21.2 Å². The van der Waals surface area contributed by atoms with Gasteiger partial charge in [0.05, 0.1) is 4.90 Å². The number of benzene rings is 3. The van der Waals surface area contributed by atoms with Gasteiger partial charge in [-0.05, 0) is 54.7 Å². The maximum absolute atomic E-state index is 13.9. The number of hydrogen-bond acceptors (Lipinski definition) is 4. The summed E-state index contributed by atoms with van der Waals surface area (Å²) in [7, 11) is -2.13. The Labute approximate surface area is 258 Å². The number of hydrogen-bond donors (Lipinski definition) is 1. The number of rotatable bonds is 13. The molecule has 2 amide bonds. The highest BCUT2D eigenvalue weighted by molar-refractivity contribution is 9.10. The highest BCUT2D eigenvalue weighted by atomic mass is 79.9. The average Bonchev–Trinajstić information content (AvgIpc) is 3.00. The van der Waals surface area contributed by atoms with Gasteiger partial charge in [-0.25, -0.2) is 12.7 Å². The van der Waals surface area contributed by atoms with Crippen molar-refractivity contribution in [2.75, 3.05) is 13.6 Å². The van der Waals surface area contributed by atoms with Crippen molar-refractivity contribution in [3.05, 3.63) is 101 Å². The van der Waals surface area contributed by atoms with E-state index in [4.69, 9.17) is 0 Å². The van der Waals surface area contributed by atoms with Gasteiger partial charge < -0.3 is 10.2 Å². The van der Waals surface area contributed by atoms with Gasteiger partial charge in [-0.3, -0.25) is 9.59 Å². The summed E-state index contributed by atoms with van der Waals surface area (Å²) >= 11 is 3.53. The number of nitrogens with zero attached hydrogens (tertiary/aromatic N) is 2. The topological polar surface area (TPSA) is 86.8 Å². The van der Waals surface area contributed by atoms with Gasteiger partial charge in [-0.2, -0.15) is 0 Å². The molecule has 0 bridgehead atoms. The molecule has 42 heavy (non-hydrogen) atoms. The van der Waals surface area contributed by atoms with Gasteiger partial charge in [0.1, 0.15) is 6.04 Å². The zero-order valence-electron chi connectivity index (χ0n) is 24.1. The van der Waals surface area contributed by atoms with Crippen molar-refractivity contribution in [2.24, 2.45) is 0 Å². The first-order valence-electron chi connectivity index (χ1n) is 14.6. The van der Waals surface area contributed by atoms with Gasteiger partial charge in [-0.1, -0.05) is 95.9 Å². The quantitative estimate of drug-likeness (QED) is 0.247. The molecule has 9 heteroatoms. The first-order chi connectivity index (χ1) is 20.2. The standard InChI is InChI=1S/C33H40BrN3O4S/c1-36(42(40,41)30-19-9-4-10-20-30)22-12-21-32(38)37(25-27-15-11-16-28(34)23-27)31(24-26-13-5-2-6-14-26)33(39)35-29-17-7-3-8-18-29/h2,4-6,9-11,13-16,19-20,23,29,31H,3,7-8,12,17-18,21-22,24-25H2,1H3,(H,35,39)/t31-/m0/s1. The molecule has 1 N–H and O–H groups in total. The van der Waals surface area contributed by atoms with Crippen molar-refractivity contribution in [1.82, 2.24) is 14.5 Å². The molecule has 0 spiro atoms. The van der Waals surface area contributed by atoms with Crippen molar-refractivity contribution < 1.29 is 18.0 Å². The van der Waals surface area contributed by atoms with Crippen molar-refractivity contribution in [3.63, 3.8) is 0 Å². The largest absolute Gasteiger partial charge is 0.352 e. The van der Waals surface area contributed by atoms with Crippen LogP contribution in [0.1, 0.15) is 56.1 Å². The lowest BCUT2D eigenvalue weighted by atomic mass is 9.94. The molecule has 0 radical (unpaired) electrons. The van der Waals surface area contributed by atoms with E-state index >= 15 is 0 Å². The lowest BCUT2D eigenvalue weighted by molar-refractivity contribution is -0.141. The Morgan fingerprint density at radius 2 is 1.55 bits per heavy atom. The van der Waals surface area contributed by atoms with E-state index in [1.807, 2.05) is 54.6 Å². The first kappa shape index (κ1) is 31.9. The number of halogens is 1. The Morgan fingerprint density at radius 3 is 2.21 bits per heavy atom. The molecule has 0 aromatic heterocycles. The third kappa shape index (κ3) is 8.99. The van der Waals surface area contributed by atoms with Crippen molar-refractivity contribution in [1.29, 1.82) is 0 Å². The zero-order chi connectivity index (χ0) is 30.0. The van der Waals surface area contributed by atoms with E-state index in [0.29, 0.717) is 12.8 Å². The molecule has 1 aliphatic carbocycles. The van der Waals surface area contributed by atoms with Crippen LogP contribution in [0.2, 0.25) is 0 Å². The van der Waals surface area contributed by atoms with Crippen LogP contribution in [-0.2, 0) is 32.6 Å². The number of amides is 2. The van der Waals surface area contributed by atoms with Crippen LogP contribution < -0.4 is 5.32 Å². The van der Waals surface area contributed by atoms with Crippen LogP contribution in [-0.4, -0.2) is 55.1 Å². The third-order valence-corrected chi connectivity index (χ3v) is 10.1. The molecule has 3 aromatic rings. The number of sulfonamides is 1. The molecule has 0 unspecified atom stereocenters. The van der Waals surface area contributed by atoms with Crippen molar-refractivity contribution in [2.45, 2.75) is 74.9 Å². The fraction of sp³-hybridized carbons (Fsp3) is 0.394. The fourth-order valence-corrected chi connectivity index (χ4v) is 7.10. The highest BCUT2D eigenvalue weighted by Gasteiger charge is 2.32. The molecule has 1 fully saturated rings. The summed E-state index contributed by atoms with van der Waals surface area (Å²) in [6, 6.07) is 25.2. The fourth-order valence-electron chi connectivity index (χ4n) is 5.42. The summed E-state index contributed by atoms with van der Waals surface area (Å²) in [5.41, 5.74) is 1.88. The summed E-state index contributed by atoms with van der Waals surface area (Å²) < 4.78 is 28.1. The smallest absolute Gasteiger partial charge is 0.243 e. The molecule has 1 saturated carbocycles. The van der Waals surface area contributed by atoms with Crippen LogP contribution in [0.25, 0.3) is 0 Å². The Hall–Kier alpha value is -3.01. The number of carbonyl (C=O) groups is 2. The van der Waals surface area contributed by atoms with E-state index in [1.165, 1.54) is 17.8 Å². The number of nitrogens with one attached hydrogen (secondary N) is 1. The number of carbonyl (C=O) groups excluding carboxylic acids is 2. The summed E-state index contributed by atoms with van der Waals surface area (Å²) in [6.45, 7) is 0.456. The SMILES string of the molecule is CN(CCCC(=O)N(Cc1cccc(Br)c1)[C@@H](Cc1ccccc1)C(=O)NC1CCCCC1)S(=O)(=O)c1ccccc1. The van der Waals surface area contributed by atoms with Crippen LogP contribution in [0.4, 0.5) is 0 Å². The van der Waals surface area contributed by atoms with Crippen LogP contribution in [0, 0.1) is 0 Å². The predicted octanol–water partition coefficient (Wildman–Crippen LogP) is 5.94. The second-order valence-corrected chi connectivity index (χ2v) is 13.9. The van der Waals surface area contributed by atoms with Gasteiger partial charge in [0.2, 0.25) is 21.8 Å². The first-order valence-corrected chi connectivity index (χ1v) is 16.9. The Kier molecular flexibility index (Phi) is 11.7. The second-order valence-electron chi connectivity index (χ2n) is 10.9. The monoisotopic (exact) mass is 653 g/mol. The molecule has 0 aliphatic heterocycles.